The number of carbonyl (C=O) groups is 2. The van der Waals surface area contributed by atoms with Gasteiger partial charge in [0.25, 0.3) is 5.91 Å². The van der Waals surface area contributed by atoms with Gasteiger partial charge in [-0.25, -0.2) is 0 Å². The number of benzene rings is 1. The van der Waals surface area contributed by atoms with Crippen molar-refractivity contribution in [2.75, 3.05) is 27.7 Å². The third-order valence-corrected chi connectivity index (χ3v) is 5.76. The summed E-state index contributed by atoms with van der Waals surface area (Å²) >= 11 is 0. The van der Waals surface area contributed by atoms with Crippen LogP contribution in [-0.2, 0) is 11.2 Å². The zero-order chi connectivity index (χ0) is 18.8. The van der Waals surface area contributed by atoms with Crippen molar-refractivity contribution >= 4 is 21.1 Å². The van der Waals surface area contributed by atoms with Gasteiger partial charge in [-0.15, -0.1) is 9.24 Å². The topological polar surface area (TPSA) is 61.4 Å². The number of hydrogen-bond donors (Lipinski definition) is 2. The van der Waals surface area contributed by atoms with Crippen molar-refractivity contribution in [2.24, 2.45) is 5.92 Å². The molecular formula is C19H30N3O2P. The van der Waals surface area contributed by atoms with Crippen LogP contribution in [-0.4, -0.2) is 55.6 Å². The summed E-state index contributed by atoms with van der Waals surface area (Å²) in [5.74, 6) is 0.195. The van der Waals surface area contributed by atoms with E-state index in [1.165, 1.54) is 5.56 Å². The van der Waals surface area contributed by atoms with E-state index in [4.69, 9.17) is 0 Å². The molecule has 0 radical (unpaired) electrons. The van der Waals surface area contributed by atoms with Crippen molar-refractivity contribution in [3.05, 3.63) is 34.9 Å². The second kappa shape index (κ2) is 7.84. The lowest BCUT2D eigenvalue weighted by Gasteiger charge is -2.25. The maximum Gasteiger partial charge on any atom is 0.251 e. The number of aryl methyl sites for hydroxylation is 1. The molecule has 2 amide bonds. The molecule has 2 unspecified atom stereocenters. The number of hydrogen-bond acceptors (Lipinski definition) is 3. The molecule has 4 atom stereocenters. The monoisotopic (exact) mass is 363 g/mol. The van der Waals surface area contributed by atoms with E-state index in [0.717, 1.165) is 18.4 Å². The van der Waals surface area contributed by atoms with Crippen LogP contribution in [0.25, 0.3) is 0 Å². The van der Waals surface area contributed by atoms with Gasteiger partial charge in [0.2, 0.25) is 5.91 Å². The molecule has 1 aromatic carbocycles. The molecule has 25 heavy (non-hydrogen) atoms. The van der Waals surface area contributed by atoms with Gasteiger partial charge in [-0.2, -0.15) is 0 Å². The summed E-state index contributed by atoms with van der Waals surface area (Å²) in [5, 5.41) is 5.82. The van der Waals surface area contributed by atoms with E-state index in [1.807, 2.05) is 39.2 Å². The predicted molar refractivity (Wildman–Crippen MR) is 105 cm³/mol. The van der Waals surface area contributed by atoms with E-state index in [-0.39, 0.29) is 28.9 Å². The average molecular weight is 363 g/mol. The van der Waals surface area contributed by atoms with Crippen LogP contribution < -0.4 is 10.6 Å². The molecule has 0 aromatic heterocycles. The Kier molecular flexibility index (Phi) is 6.23. The summed E-state index contributed by atoms with van der Waals surface area (Å²) in [5.41, 5.74) is 2.97. The summed E-state index contributed by atoms with van der Waals surface area (Å²) in [7, 11) is 8.47. The highest BCUT2D eigenvalue weighted by atomic mass is 31.0. The van der Waals surface area contributed by atoms with Crippen molar-refractivity contribution in [3.8, 4) is 0 Å². The van der Waals surface area contributed by atoms with E-state index in [2.05, 4.69) is 31.7 Å². The first kappa shape index (κ1) is 19.9. The fourth-order valence-corrected chi connectivity index (χ4v) is 3.40. The van der Waals surface area contributed by atoms with E-state index in [1.54, 1.807) is 7.05 Å². The van der Waals surface area contributed by atoms with Crippen LogP contribution in [0.3, 0.4) is 0 Å². The van der Waals surface area contributed by atoms with Gasteiger partial charge in [0.1, 0.15) is 0 Å². The normalized spacial score (nSPS) is 23.2. The molecule has 1 aromatic rings. The quantitative estimate of drug-likeness (QED) is 0.724. The zero-order valence-electron chi connectivity index (χ0n) is 15.8. The Morgan fingerprint density at radius 1 is 1.40 bits per heavy atom. The molecule has 0 bridgehead atoms. The molecule has 1 aliphatic rings. The fourth-order valence-electron chi connectivity index (χ4n) is 3.02. The molecule has 5 nitrogen and oxygen atoms in total. The minimum atomic E-state index is -0.0732. The largest absolute Gasteiger partial charge is 0.355 e. The van der Waals surface area contributed by atoms with Crippen molar-refractivity contribution in [1.82, 2.24) is 15.5 Å². The third-order valence-electron chi connectivity index (χ3n) is 5.13. The van der Waals surface area contributed by atoms with Gasteiger partial charge in [-0.3, -0.25) is 9.59 Å². The smallest absolute Gasteiger partial charge is 0.251 e. The molecule has 2 N–H and O–H groups in total. The summed E-state index contributed by atoms with van der Waals surface area (Å²) in [6.07, 6.45) is 1.77. The first-order chi connectivity index (χ1) is 11.7. The first-order valence-corrected chi connectivity index (χ1v) is 9.28. The lowest BCUT2D eigenvalue weighted by atomic mass is 9.98. The molecule has 1 saturated carbocycles. The molecule has 6 heteroatoms. The van der Waals surface area contributed by atoms with Crippen molar-refractivity contribution in [3.63, 3.8) is 0 Å². The molecule has 2 rings (SSSR count). The SMILES string of the molecule is CNC(=O)c1ccc(CC(CNC(=O)[C@H]2C[C@]2(C)P)N(C)C)c(C)c1. The number of likely N-dealkylation sites (N-methyl/N-ethyl adjacent to an activating group) is 1. The van der Waals surface area contributed by atoms with E-state index < -0.39 is 0 Å². The molecule has 0 heterocycles. The van der Waals surface area contributed by atoms with Crippen LogP contribution in [0.4, 0.5) is 0 Å². The Labute approximate surface area is 153 Å². The van der Waals surface area contributed by atoms with Crippen LogP contribution in [0.5, 0.6) is 0 Å². The molecule has 1 aliphatic carbocycles. The second-order valence-corrected chi connectivity index (χ2v) is 8.87. The highest BCUT2D eigenvalue weighted by Crippen LogP contribution is 2.50. The molecular weight excluding hydrogens is 333 g/mol. The third kappa shape index (κ3) is 5.02. The highest BCUT2D eigenvalue weighted by molar-refractivity contribution is 7.19. The zero-order valence-corrected chi connectivity index (χ0v) is 17.0. The fraction of sp³-hybridized carbons (Fsp3) is 0.579. The summed E-state index contributed by atoms with van der Waals surface area (Å²) in [6, 6.07) is 6.00. The van der Waals surface area contributed by atoms with Gasteiger partial charge in [-0.05, 0) is 62.3 Å². The Bertz CT molecular complexity index is 658. The molecule has 138 valence electrons. The Balaban J connectivity index is 1.99. The van der Waals surface area contributed by atoms with Gasteiger partial charge in [0.15, 0.2) is 0 Å². The Morgan fingerprint density at radius 3 is 2.52 bits per heavy atom. The molecule has 0 saturated heterocycles. The van der Waals surface area contributed by atoms with Crippen LogP contribution in [0, 0.1) is 12.8 Å². The van der Waals surface area contributed by atoms with E-state index in [0.29, 0.717) is 12.1 Å². The maximum absolute atomic E-state index is 12.2. The van der Waals surface area contributed by atoms with E-state index >= 15 is 0 Å². The number of carbonyl (C=O) groups excluding carboxylic acids is 2. The highest BCUT2D eigenvalue weighted by Gasteiger charge is 2.50. The minimum absolute atomic E-state index is 0.0732. The standard InChI is InChI=1S/C19H30N3O2P/c1-12-8-14(17(23)20-3)7-6-13(12)9-15(22(4)5)11-21-18(24)16-10-19(16,2)25/h6-8,15-16H,9-11,25H2,1-5H3,(H,20,23)(H,21,24)/t15?,16-,19+/m1/s1. The summed E-state index contributed by atoms with van der Waals surface area (Å²) in [4.78, 5) is 26.1. The van der Waals surface area contributed by atoms with Gasteiger partial charge in [-0.1, -0.05) is 13.0 Å². The average Bonchev–Trinajstić information content (AvgIpc) is 3.19. The molecule has 0 spiro atoms. The lowest BCUT2D eigenvalue weighted by molar-refractivity contribution is -0.122. The van der Waals surface area contributed by atoms with Crippen LogP contribution in [0.2, 0.25) is 0 Å². The van der Waals surface area contributed by atoms with Crippen LogP contribution >= 0.6 is 9.24 Å². The van der Waals surface area contributed by atoms with Gasteiger partial charge < -0.3 is 15.5 Å². The Morgan fingerprint density at radius 2 is 2.04 bits per heavy atom. The first-order valence-electron chi connectivity index (χ1n) is 8.70. The number of nitrogens with one attached hydrogen (secondary N) is 2. The summed E-state index contributed by atoms with van der Waals surface area (Å²) in [6.45, 7) is 4.75. The minimum Gasteiger partial charge on any atom is -0.355 e. The second-order valence-electron chi connectivity index (χ2n) is 7.55. The number of nitrogens with zero attached hydrogens (tertiary/aromatic N) is 1. The van der Waals surface area contributed by atoms with Crippen molar-refractivity contribution in [1.29, 1.82) is 0 Å². The lowest BCUT2D eigenvalue weighted by Crippen LogP contribution is -2.42. The number of amides is 2. The van der Waals surface area contributed by atoms with Crippen molar-refractivity contribution < 1.29 is 9.59 Å². The summed E-state index contributed by atoms with van der Waals surface area (Å²) < 4.78 is 0. The van der Waals surface area contributed by atoms with Crippen molar-refractivity contribution in [2.45, 2.75) is 37.9 Å². The predicted octanol–water partition coefficient (Wildman–Crippen LogP) is 1.60. The van der Waals surface area contributed by atoms with Crippen LogP contribution in [0.15, 0.2) is 18.2 Å². The molecule has 0 aliphatic heterocycles. The van der Waals surface area contributed by atoms with Gasteiger partial charge in [0.05, 0.1) is 0 Å². The maximum atomic E-state index is 12.2. The van der Waals surface area contributed by atoms with Gasteiger partial charge >= 0.3 is 0 Å². The van der Waals surface area contributed by atoms with E-state index in [9.17, 15) is 9.59 Å². The molecule has 1 fully saturated rings. The Hall–Kier alpha value is -1.45. The van der Waals surface area contributed by atoms with Crippen LogP contribution in [0.1, 0.15) is 34.8 Å². The number of rotatable bonds is 7. The van der Waals surface area contributed by atoms with Gasteiger partial charge in [0, 0.05) is 31.1 Å².